The first-order valence-electron chi connectivity index (χ1n) is 12.5. The number of nitrogens with zero attached hydrogens (tertiary/aromatic N) is 1. The summed E-state index contributed by atoms with van der Waals surface area (Å²) < 4.78 is 6.11. The molecule has 1 unspecified atom stereocenters. The maximum atomic E-state index is 13.7. The topological polar surface area (TPSA) is 75.7 Å². The van der Waals surface area contributed by atoms with Crippen molar-refractivity contribution in [1.82, 2.24) is 10.2 Å². The first kappa shape index (κ1) is 26.1. The Hall–Kier alpha value is -3.49. The average molecular weight is 545 g/mol. The molecule has 1 N–H and O–H groups in total. The second-order valence-corrected chi connectivity index (χ2v) is 11.1. The number of carbonyl (C=O) groups excluding carboxylic acids is 3. The summed E-state index contributed by atoms with van der Waals surface area (Å²) in [5, 5.41) is 2.54. The number of β-lactam (4-membered cyclic amide) rings is 1. The molecule has 0 bridgehead atoms. The molecule has 1 saturated heterocycles. The number of thioether (sulfide) groups is 2. The lowest BCUT2D eigenvalue weighted by atomic mass is 10.00. The Bertz CT molecular complexity index is 1290. The summed E-state index contributed by atoms with van der Waals surface area (Å²) >= 11 is 2.99. The number of fused-ring (bicyclic) bond motifs is 1. The number of rotatable bonds is 9. The van der Waals surface area contributed by atoms with Crippen molar-refractivity contribution in [1.29, 1.82) is 0 Å². The molecule has 2 aliphatic heterocycles. The number of benzene rings is 3. The Morgan fingerprint density at radius 1 is 0.974 bits per heavy atom. The van der Waals surface area contributed by atoms with E-state index in [1.807, 2.05) is 97.9 Å². The molecule has 0 aromatic heterocycles. The molecule has 6 nitrogen and oxygen atoms in total. The van der Waals surface area contributed by atoms with Gasteiger partial charge in [-0.1, -0.05) is 85.8 Å². The van der Waals surface area contributed by atoms with Crippen LogP contribution in [0.2, 0.25) is 0 Å². The van der Waals surface area contributed by atoms with Crippen LogP contribution in [0.15, 0.2) is 107 Å². The van der Waals surface area contributed by atoms with Crippen molar-refractivity contribution in [3.05, 3.63) is 113 Å². The van der Waals surface area contributed by atoms with Gasteiger partial charge in [-0.3, -0.25) is 14.5 Å². The highest BCUT2D eigenvalue weighted by Gasteiger charge is 2.54. The van der Waals surface area contributed by atoms with E-state index in [-0.39, 0.29) is 22.9 Å². The van der Waals surface area contributed by atoms with E-state index < -0.39 is 18.1 Å². The molecular weight excluding hydrogens is 516 g/mol. The van der Waals surface area contributed by atoms with E-state index >= 15 is 0 Å². The third-order valence-electron chi connectivity index (χ3n) is 6.53. The zero-order valence-electron chi connectivity index (χ0n) is 20.9. The maximum absolute atomic E-state index is 13.7. The van der Waals surface area contributed by atoms with Crippen LogP contribution in [0.4, 0.5) is 0 Å². The molecule has 2 aliphatic rings. The highest BCUT2D eigenvalue weighted by molar-refractivity contribution is 8.00. The van der Waals surface area contributed by atoms with Crippen molar-refractivity contribution in [3.63, 3.8) is 0 Å². The van der Waals surface area contributed by atoms with E-state index in [1.165, 1.54) is 16.7 Å². The first-order valence-corrected chi connectivity index (χ1v) is 14.5. The quantitative estimate of drug-likeness (QED) is 0.227. The Morgan fingerprint density at radius 2 is 1.55 bits per heavy atom. The van der Waals surface area contributed by atoms with E-state index in [1.54, 1.807) is 11.8 Å². The van der Waals surface area contributed by atoms with Gasteiger partial charge in [-0.05, 0) is 35.3 Å². The van der Waals surface area contributed by atoms with Gasteiger partial charge in [0.05, 0.1) is 5.75 Å². The summed E-state index contributed by atoms with van der Waals surface area (Å²) in [6, 6.07) is 28.2. The minimum absolute atomic E-state index is 0.208. The van der Waals surface area contributed by atoms with Crippen LogP contribution in [-0.2, 0) is 19.1 Å². The fourth-order valence-electron chi connectivity index (χ4n) is 4.57. The van der Waals surface area contributed by atoms with Crippen LogP contribution in [0.5, 0.6) is 0 Å². The average Bonchev–Trinajstić information content (AvgIpc) is 2.98. The van der Waals surface area contributed by atoms with Gasteiger partial charge in [0.1, 0.15) is 17.1 Å². The Balaban J connectivity index is 1.31. The predicted molar refractivity (Wildman–Crippen MR) is 150 cm³/mol. The van der Waals surface area contributed by atoms with Crippen LogP contribution in [0, 0.1) is 0 Å². The molecule has 38 heavy (non-hydrogen) atoms. The van der Waals surface area contributed by atoms with Crippen molar-refractivity contribution in [3.8, 4) is 0 Å². The third-order valence-corrected chi connectivity index (χ3v) is 8.88. The Labute approximate surface area is 230 Å². The van der Waals surface area contributed by atoms with Gasteiger partial charge in [0.25, 0.3) is 5.91 Å². The minimum atomic E-state index is -0.663. The lowest BCUT2D eigenvalue weighted by Gasteiger charge is -2.49. The number of carbonyl (C=O) groups is 3. The summed E-state index contributed by atoms with van der Waals surface area (Å²) in [5.74, 6) is -0.204. The zero-order valence-corrected chi connectivity index (χ0v) is 22.5. The lowest BCUT2D eigenvalue weighted by Crippen LogP contribution is -2.70. The van der Waals surface area contributed by atoms with Crippen LogP contribution >= 0.6 is 23.5 Å². The molecule has 0 aliphatic carbocycles. The summed E-state index contributed by atoms with van der Waals surface area (Å²) in [5.41, 5.74) is 2.88. The van der Waals surface area contributed by atoms with Crippen molar-refractivity contribution in [2.24, 2.45) is 0 Å². The van der Waals surface area contributed by atoms with Gasteiger partial charge in [-0.15, -0.1) is 23.5 Å². The van der Waals surface area contributed by atoms with Crippen molar-refractivity contribution >= 4 is 41.3 Å². The smallest absolute Gasteiger partial charge is 0.356 e. The van der Waals surface area contributed by atoms with E-state index in [0.29, 0.717) is 17.9 Å². The lowest BCUT2D eigenvalue weighted by molar-refractivity contribution is -0.154. The molecule has 0 spiro atoms. The van der Waals surface area contributed by atoms with E-state index in [0.717, 1.165) is 21.6 Å². The van der Waals surface area contributed by atoms with Crippen LogP contribution in [0.25, 0.3) is 0 Å². The molecule has 0 radical (unpaired) electrons. The number of hydrogen-bond acceptors (Lipinski definition) is 6. The summed E-state index contributed by atoms with van der Waals surface area (Å²) in [7, 11) is 0. The maximum Gasteiger partial charge on any atom is 0.356 e. The highest BCUT2D eigenvalue weighted by Crippen LogP contribution is 2.42. The largest absolute Gasteiger partial charge is 0.448 e. The fraction of sp³-hybridized carbons (Fsp3) is 0.233. The number of hydrogen-bond donors (Lipinski definition) is 1. The van der Waals surface area contributed by atoms with E-state index in [9.17, 15) is 14.4 Å². The molecular formula is C30H28N2O4S2. The van der Waals surface area contributed by atoms with E-state index in [2.05, 4.69) is 5.32 Å². The van der Waals surface area contributed by atoms with Crippen molar-refractivity contribution in [2.75, 3.05) is 11.5 Å². The van der Waals surface area contributed by atoms with Gasteiger partial charge in [-0.25, -0.2) is 4.79 Å². The Morgan fingerprint density at radius 3 is 2.13 bits per heavy atom. The molecule has 5 rings (SSSR count). The highest BCUT2D eigenvalue weighted by atomic mass is 32.2. The molecule has 3 aromatic rings. The molecule has 194 valence electrons. The molecule has 1 fully saturated rings. The number of amides is 2. The fourth-order valence-corrected chi connectivity index (χ4v) is 6.75. The number of ether oxygens (including phenoxy) is 1. The van der Waals surface area contributed by atoms with E-state index in [4.69, 9.17) is 4.74 Å². The molecule has 2 heterocycles. The van der Waals surface area contributed by atoms with Crippen LogP contribution in [0.1, 0.15) is 30.6 Å². The monoisotopic (exact) mass is 544 g/mol. The molecule has 3 aromatic carbocycles. The van der Waals surface area contributed by atoms with Gasteiger partial charge >= 0.3 is 5.97 Å². The second-order valence-electron chi connectivity index (χ2n) is 8.97. The van der Waals surface area contributed by atoms with Gasteiger partial charge in [-0.2, -0.15) is 0 Å². The SMILES string of the molecule is CCC1=C(C(=O)OC(c2ccccc2)c2ccccc2)N2C(=O)C(NC(=O)CSc3ccccc3)[C@@H]2SC1. The van der Waals surface area contributed by atoms with Crippen LogP contribution in [0.3, 0.4) is 0 Å². The number of esters is 1. The number of nitrogens with one attached hydrogen (secondary N) is 1. The van der Waals surface area contributed by atoms with Crippen LogP contribution < -0.4 is 5.32 Å². The first-order chi connectivity index (χ1) is 18.6. The predicted octanol–water partition coefficient (Wildman–Crippen LogP) is 5.18. The molecule has 8 heteroatoms. The standard InChI is InChI=1S/C30H28N2O4S2/c1-2-20-18-38-29-25(31-24(33)19-37-23-16-10-5-11-17-23)28(34)32(29)26(20)30(35)36-27(21-12-6-3-7-13-21)22-14-8-4-9-15-22/h3-17,25,27,29H,2,18-19H2,1H3,(H,31,33)/t25?,29-/m0/s1. The molecule has 0 saturated carbocycles. The third kappa shape index (κ3) is 5.51. The normalized spacial score (nSPS) is 18.6. The van der Waals surface area contributed by atoms with Gasteiger partial charge in [0.2, 0.25) is 5.91 Å². The van der Waals surface area contributed by atoms with Crippen molar-refractivity contribution < 1.29 is 19.1 Å². The molecule has 2 amide bonds. The summed E-state index contributed by atoms with van der Waals surface area (Å²) in [6.45, 7) is 1.97. The van der Waals surface area contributed by atoms with Crippen molar-refractivity contribution in [2.45, 2.75) is 35.8 Å². The van der Waals surface area contributed by atoms with Gasteiger partial charge < -0.3 is 10.1 Å². The Kier molecular flexibility index (Phi) is 8.20. The molecule has 2 atom stereocenters. The minimum Gasteiger partial charge on any atom is -0.448 e. The summed E-state index contributed by atoms with van der Waals surface area (Å²) in [4.78, 5) is 42.1. The zero-order chi connectivity index (χ0) is 26.5. The van der Waals surface area contributed by atoms with Crippen LogP contribution in [-0.4, -0.2) is 45.6 Å². The van der Waals surface area contributed by atoms with Gasteiger partial charge in [0.15, 0.2) is 6.10 Å². The second kappa shape index (κ2) is 11.9. The van der Waals surface area contributed by atoms with Gasteiger partial charge in [0, 0.05) is 10.6 Å². The summed E-state index contributed by atoms with van der Waals surface area (Å²) in [6.07, 6.45) is 0.0189.